The van der Waals surface area contributed by atoms with Gasteiger partial charge in [0, 0.05) is 6.54 Å². The molecule has 1 aliphatic heterocycles. The van der Waals surface area contributed by atoms with Gasteiger partial charge in [0.25, 0.3) is 5.91 Å². The Bertz CT molecular complexity index is 408. The third kappa shape index (κ3) is 3.27. The molecule has 1 amide bonds. The summed E-state index contributed by atoms with van der Waals surface area (Å²) < 4.78 is 4.70. The first-order valence-corrected chi connectivity index (χ1v) is 6.68. The number of ether oxygens (including phenoxy) is 1. The molecule has 0 aliphatic carbocycles. The van der Waals surface area contributed by atoms with Gasteiger partial charge in [-0.2, -0.15) is 0 Å². The van der Waals surface area contributed by atoms with Crippen LogP contribution in [0.3, 0.4) is 0 Å². The molecule has 1 heterocycles. The third-order valence-electron chi connectivity index (χ3n) is 3.60. The normalized spacial score (nSPS) is 23.0. The fraction of sp³-hybridized carbons (Fsp3) is 0.769. The minimum absolute atomic E-state index is 0.119. The number of carboxylic acids is 1. The summed E-state index contributed by atoms with van der Waals surface area (Å²) in [6.45, 7) is 5.60. The second-order valence-electron chi connectivity index (χ2n) is 5.59. The summed E-state index contributed by atoms with van der Waals surface area (Å²) in [5.41, 5.74) is 5.01. The molecule has 0 saturated carbocycles. The lowest BCUT2D eigenvalue weighted by atomic mass is 9.76. The number of amides is 1. The monoisotopic (exact) mass is 286 g/mol. The molecule has 1 rings (SSSR count). The summed E-state index contributed by atoms with van der Waals surface area (Å²) in [6.07, 6.45) is 1.38. The maximum atomic E-state index is 12.3. The molecule has 20 heavy (non-hydrogen) atoms. The van der Waals surface area contributed by atoms with Gasteiger partial charge in [-0.15, -0.1) is 0 Å². The molecule has 114 valence electrons. The van der Waals surface area contributed by atoms with Crippen molar-refractivity contribution >= 4 is 17.8 Å². The topological polar surface area (TPSA) is 110 Å². The van der Waals surface area contributed by atoms with E-state index in [1.165, 1.54) is 4.90 Å². The van der Waals surface area contributed by atoms with Crippen LogP contribution in [0.15, 0.2) is 0 Å². The van der Waals surface area contributed by atoms with E-state index in [0.29, 0.717) is 12.8 Å². The van der Waals surface area contributed by atoms with Gasteiger partial charge in [0.2, 0.25) is 0 Å². The number of piperidine rings is 1. The Balaban J connectivity index is 2.94. The van der Waals surface area contributed by atoms with Gasteiger partial charge in [-0.3, -0.25) is 4.79 Å². The minimum atomic E-state index is -1.47. The highest BCUT2D eigenvalue weighted by molar-refractivity contribution is 6.03. The van der Waals surface area contributed by atoms with E-state index >= 15 is 0 Å². The highest BCUT2D eigenvalue weighted by Crippen LogP contribution is 2.35. The molecule has 0 radical (unpaired) electrons. The second kappa shape index (κ2) is 6.21. The lowest BCUT2D eigenvalue weighted by Gasteiger charge is -2.44. The first-order chi connectivity index (χ1) is 9.22. The van der Waals surface area contributed by atoms with Crippen LogP contribution >= 0.6 is 0 Å². The van der Waals surface area contributed by atoms with Crippen molar-refractivity contribution in [2.45, 2.75) is 45.7 Å². The summed E-state index contributed by atoms with van der Waals surface area (Å²) in [7, 11) is 0. The summed E-state index contributed by atoms with van der Waals surface area (Å²) in [5.74, 6) is -2.60. The molecular weight excluding hydrogens is 264 g/mol. The molecule has 1 saturated heterocycles. The summed E-state index contributed by atoms with van der Waals surface area (Å²) in [6, 6.07) is -2.45. The van der Waals surface area contributed by atoms with Crippen molar-refractivity contribution in [2.75, 3.05) is 13.2 Å². The first kappa shape index (κ1) is 16.4. The SMILES string of the molecule is CCOC(=O)C(N)C(=O)N1CCCC(C)(C)C1C(=O)O. The lowest BCUT2D eigenvalue weighted by molar-refractivity contribution is -0.163. The van der Waals surface area contributed by atoms with Crippen molar-refractivity contribution in [1.82, 2.24) is 4.90 Å². The number of nitrogens with zero attached hydrogens (tertiary/aromatic N) is 1. The zero-order chi connectivity index (χ0) is 15.5. The van der Waals surface area contributed by atoms with Crippen LogP contribution < -0.4 is 5.73 Å². The molecule has 1 aliphatic rings. The maximum absolute atomic E-state index is 12.3. The third-order valence-corrected chi connectivity index (χ3v) is 3.60. The molecule has 2 unspecified atom stereocenters. The number of carbonyl (C=O) groups excluding carboxylic acids is 2. The van der Waals surface area contributed by atoms with Crippen molar-refractivity contribution < 1.29 is 24.2 Å². The lowest BCUT2D eigenvalue weighted by Crippen LogP contribution is -2.61. The molecule has 0 aromatic carbocycles. The van der Waals surface area contributed by atoms with E-state index in [1.54, 1.807) is 20.8 Å². The summed E-state index contributed by atoms with van der Waals surface area (Å²) >= 11 is 0. The number of aliphatic carboxylic acids is 1. The van der Waals surface area contributed by atoms with Crippen LogP contribution in [0.5, 0.6) is 0 Å². The number of likely N-dealkylation sites (tertiary alicyclic amines) is 1. The Hall–Kier alpha value is -1.63. The van der Waals surface area contributed by atoms with E-state index < -0.39 is 35.3 Å². The average molecular weight is 286 g/mol. The van der Waals surface area contributed by atoms with Gasteiger partial charge < -0.3 is 20.5 Å². The van der Waals surface area contributed by atoms with Gasteiger partial charge in [0.05, 0.1) is 6.61 Å². The standard InChI is InChI=1S/C13H22N2O5/c1-4-20-12(19)8(14)10(16)15-7-5-6-13(2,3)9(15)11(17)18/h8-9H,4-7,14H2,1-3H3,(H,17,18). The van der Waals surface area contributed by atoms with E-state index in [-0.39, 0.29) is 13.2 Å². The molecule has 3 N–H and O–H groups in total. The zero-order valence-electron chi connectivity index (χ0n) is 12.1. The fourth-order valence-corrected chi connectivity index (χ4v) is 2.61. The molecule has 2 atom stereocenters. The zero-order valence-corrected chi connectivity index (χ0v) is 12.1. The number of esters is 1. The van der Waals surface area contributed by atoms with Crippen molar-refractivity contribution in [1.29, 1.82) is 0 Å². The van der Waals surface area contributed by atoms with Gasteiger partial charge >= 0.3 is 11.9 Å². The van der Waals surface area contributed by atoms with E-state index in [2.05, 4.69) is 0 Å². The van der Waals surface area contributed by atoms with Crippen molar-refractivity contribution in [2.24, 2.45) is 11.1 Å². The van der Waals surface area contributed by atoms with Crippen LogP contribution in [0, 0.1) is 5.41 Å². The van der Waals surface area contributed by atoms with Crippen molar-refractivity contribution in [3.63, 3.8) is 0 Å². The molecule has 0 aromatic rings. The minimum Gasteiger partial charge on any atom is -0.480 e. The predicted octanol–water partition coefficient (Wildman–Crippen LogP) is -0.0214. The molecule has 0 bridgehead atoms. The van der Waals surface area contributed by atoms with E-state index in [0.717, 1.165) is 0 Å². The number of hydrogen-bond acceptors (Lipinski definition) is 5. The number of carbonyl (C=O) groups is 3. The number of nitrogens with two attached hydrogens (primary N) is 1. The Labute approximate surface area is 118 Å². The molecule has 7 heteroatoms. The van der Waals surface area contributed by atoms with Crippen molar-refractivity contribution in [3.8, 4) is 0 Å². The van der Waals surface area contributed by atoms with Crippen LogP contribution in [0.1, 0.15) is 33.6 Å². The van der Waals surface area contributed by atoms with Gasteiger partial charge in [0.15, 0.2) is 6.04 Å². The highest BCUT2D eigenvalue weighted by Gasteiger charge is 2.46. The fourth-order valence-electron chi connectivity index (χ4n) is 2.61. The molecule has 1 fully saturated rings. The molecule has 0 aromatic heterocycles. The van der Waals surface area contributed by atoms with E-state index in [9.17, 15) is 19.5 Å². The predicted molar refractivity (Wildman–Crippen MR) is 70.8 cm³/mol. The Morgan fingerprint density at radius 1 is 1.45 bits per heavy atom. The summed E-state index contributed by atoms with van der Waals surface area (Å²) in [5, 5.41) is 9.37. The number of hydrogen-bond donors (Lipinski definition) is 2. The quantitative estimate of drug-likeness (QED) is 0.555. The number of rotatable bonds is 4. The van der Waals surface area contributed by atoms with Gasteiger partial charge in [-0.1, -0.05) is 13.8 Å². The molecular formula is C13H22N2O5. The average Bonchev–Trinajstić information content (AvgIpc) is 2.35. The summed E-state index contributed by atoms with van der Waals surface area (Å²) in [4.78, 5) is 36.4. The highest BCUT2D eigenvalue weighted by atomic mass is 16.5. The smallest absolute Gasteiger partial charge is 0.332 e. The van der Waals surface area contributed by atoms with Gasteiger partial charge in [-0.25, -0.2) is 9.59 Å². The van der Waals surface area contributed by atoms with Gasteiger partial charge in [0.1, 0.15) is 6.04 Å². The van der Waals surface area contributed by atoms with E-state index in [1.807, 2.05) is 0 Å². The largest absolute Gasteiger partial charge is 0.480 e. The second-order valence-corrected chi connectivity index (χ2v) is 5.59. The molecule has 7 nitrogen and oxygen atoms in total. The Kier molecular flexibility index (Phi) is 5.10. The Morgan fingerprint density at radius 2 is 2.05 bits per heavy atom. The van der Waals surface area contributed by atoms with Gasteiger partial charge in [-0.05, 0) is 25.2 Å². The van der Waals surface area contributed by atoms with Crippen LogP contribution in [0.4, 0.5) is 0 Å². The maximum Gasteiger partial charge on any atom is 0.332 e. The molecule has 0 spiro atoms. The van der Waals surface area contributed by atoms with Crippen molar-refractivity contribution in [3.05, 3.63) is 0 Å². The van der Waals surface area contributed by atoms with Crippen LogP contribution in [-0.4, -0.2) is 53.1 Å². The Morgan fingerprint density at radius 3 is 2.55 bits per heavy atom. The number of carboxylic acid groups (broad SMARTS) is 1. The van der Waals surface area contributed by atoms with E-state index in [4.69, 9.17) is 10.5 Å². The van der Waals surface area contributed by atoms with Crippen LogP contribution in [-0.2, 0) is 19.1 Å². The van der Waals surface area contributed by atoms with Crippen LogP contribution in [0.2, 0.25) is 0 Å². The first-order valence-electron chi connectivity index (χ1n) is 6.68. The van der Waals surface area contributed by atoms with Crippen LogP contribution in [0.25, 0.3) is 0 Å².